The first kappa shape index (κ1) is 15.5. The van der Waals surface area contributed by atoms with Crippen molar-refractivity contribution in [2.24, 2.45) is 0 Å². The van der Waals surface area contributed by atoms with Crippen molar-refractivity contribution in [2.45, 2.75) is 19.9 Å². The average Bonchev–Trinajstić information content (AvgIpc) is 3.28. The molecule has 1 N–H and O–H groups in total. The van der Waals surface area contributed by atoms with Gasteiger partial charge in [-0.25, -0.2) is 0 Å². The summed E-state index contributed by atoms with van der Waals surface area (Å²) in [5.41, 5.74) is 0.746. The number of nitrogens with one attached hydrogen (secondary N) is 1. The fourth-order valence-corrected chi connectivity index (χ4v) is 3.43. The zero-order chi connectivity index (χ0) is 17.4. The minimum absolute atomic E-state index is 0.422. The summed E-state index contributed by atoms with van der Waals surface area (Å²) in [5, 5.41) is 6.01. The van der Waals surface area contributed by atoms with Crippen molar-refractivity contribution in [2.75, 3.05) is 0 Å². The van der Waals surface area contributed by atoms with E-state index in [0.717, 1.165) is 4.88 Å². The van der Waals surface area contributed by atoms with E-state index in [2.05, 4.69) is 15.1 Å². The lowest BCUT2D eigenvalue weighted by atomic mass is 10.2. The van der Waals surface area contributed by atoms with Crippen LogP contribution < -0.4 is 11.1 Å². The first-order chi connectivity index (χ1) is 12.2. The van der Waals surface area contributed by atoms with Gasteiger partial charge in [-0.3, -0.25) is 9.59 Å². The van der Waals surface area contributed by atoms with Crippen LogP contribution in [-0.2, 0) is 13.0 Å². The van der Waals surface area contributed by atoms with Crippen LogP contribution >= 0.6 is 11.3 Å². The molecule has 0 aliphatic carbocycles. The van der Waals surface area contributed by atoms with E-state index in [4.69, 9.17) is 4.52 Å². The quantitative estimate of drug-likeness (QED) is 0.568. The molecule has 126 valence electrons. The molecule has 3 heterocycles. The Hall–Kier alpha value is -3.00. The smallest absolute Gasteiger partial charge is 0.316 e. The maximum absolute atomic E-state index is 11.9. The number of hydrogen-bond acceptors (Lipinski definition) is 6. The zero-order valence-electron chi connectivity index (χ0n) is 13.4. The van der Waals surface area contributed by atoms with Crippen molar-refractivity contribution in [1.82, 2.24) is 19.7 Å². The summed E-state index contributed by atoms with van der Waals surface area (Å²) in [7, 11) is 0. The normalized spacial score (nSPS) is 11.2. The van der Waals surface area contributed by atoms with Gasteiger partial charge in [0.2, 0.25) is 11.7 Å². The highest BCUT2D eigenvalue weighted by molar-refractivity contribution is 7.09. The Morgan fingerprint density at radius 1 is 1.28 bits per heavy atom. The summed E-state index contributed by atoms with van der Waals surface area (Å²) in [4.78, 5) is 31.9. The van der Waals surface area contributed by atoms with Gasteiger partial charge in [0.05, 0.1) is 17.5 Å². The van der Waals surface area contributed by atoms with Gasteiger partial charge in [-0.2, -0.15) is 4.98 Å². The minimum atomic E-state index is -0.641. The number of nitrogens with zero attached hydrogens (tertiary/aromatic N) is 3. The van der Waals surface area contributed by atoms with Gasteiger partial charge in [-0.05, 0) is 36.6 Å². The monoisotopic (exact) mass is 354 g/mol. The van der Waals surface area contributed by atoms with Crippen molar-refractivity contribution < 1.29 is 4.52 Å². The number of aryl methyl sites for hydroxylation is 1. The summed E-state index contributed by atoms with van der Waals surface area (Å²) in [6, 6.07) is 9.33. The molecule has 1 aromatic carbocycles. The maximum Gasteiger partial charge on any atom is 0.316 e. The fourth-order valence-electron chi connectivity index (χ4n) is 2.74. The third-order valence-corrected chi connectivity index (χ3v) is 4.80. The number of hydrogen-bond donors (Lipinski definition) is 1. The number of benzene rings is 1. The van der Waals surface area contributed by atoms with Crippen LogP contribution in [-0.4, -0.2) is 19.7 Å². The Kier molecular flexibility index (Phi) is 3.81. The van der Waals surface area contributed by atoms with E-state index in [-0.39, 0.29) is 0 Å². The molecular weight excluding hydrogens is 340 g/mol. The molecule has 0 radical (unpaired) electrons. The van der Waals surface area contributed by atoms with E-state index in [1.807, 2.05) is 30.5 Å². The molecule has 0 spiro atoms. The van der Waals surface area contributed by atoms with E-state index in [1.54, 1.807) is 23.5 Å². The van der Waals surface area contributed by atoms with E-state index in [0.29, 0.717) is 41.3 Å². The first-order valence-corrected chi connectivity index (χ1v) is 8.66. The molecule has 0 aliphatic heterocycles. The second kappa shape index (κ2) is 6.14. The summed E-state index contributed by atoms with van der Waals surface area (Å²) >= 11 is 1.63. The lowest BCUT2D eigenvalue weighted by Gasteiger charge is -2.07. The Morgan fingerprint density at radius 2 is 2.16 bits per heavy atom. The predicted molar refractivity (Wildman–Crippen MR) is 94.9 cm³/mol. The molecule has 0 atom stereocenters. The molecule has 0 unspecified atom stereocenters. The Labute approximate surface area is 145 Å². The number of thiophene rings is 1. The van der Waals surface area contributed by atoms with Crippen LogP contribution in [0.4, 0.5) is 0 Å². The molecule has 8 heteroatoms. The average molecular weight is 354 g/mol. The number of aromatic nitrogens is 4. The minimum Gasteiger partial charge on any atom is -0.339 e. The molecule has 0 fully saturated rings. The van der Waals surface area contributed by atoms with Crippen molar-refractivity contribution >= 4 is 22.4 Å². The third kappa shape index (κ3) is 2.80. The van der Waals surface area contributed by atoms with E-state index < -0.39 is 11.1 Å². The van der Waals surface area contributed by atoms with Gasteiger partial charge in [-0.15, -0.1) is 11.3 Å². The Morgan fingerprint density at radius 3 is 2.92 bits per heavy atom. The molecule has 25 heavy (non-hydrogen) atoms. The molecular formula is C17H14N4O3S. The summed E-state index contributed by atoms with van der Waals surface area (Å²) < 4.78 is 6.75. The zero-order valence-corrected chi connectivity index (χ0v) is 14.2. The largest absolute Gasteiger partial charge is 0.339 e. The molecule has 0 saturated heterocycles. The van der Waals surface area contributed by atoms with E-state index in [1.165, 1.54) is 4.57 Å². The summed E-state index contributed by atoms with van der Waals surface area (Å²) in [6.07, 6.45) is 0.588. The second-order valence-electron chi connectivity index (χ2n) is 5.50. The lowest BCUT2D eigenvalue weighted by molar-refractivity contribution is 0.386. The van der Waals surface area contributed by atoms with Crippen molar-refractivity contribution in [3.8, 4) is 11.4 Å². The van der Waals surface area contributed by atoms with Gasteiger partial charge in [-0.1, -0.05) is 11.2 Å². The predicted octanol–water partition coefficient (Wildman–Crippen LogP) is 2.41. The third-order valence-electron chi connectivity index (χ3n) is 3.92. The van der Waals surface area contributed by atoms with Crippen LogP contribution in [0.25, 0.3) is 22.4 Å². The topological polar surface area (TPSA) is 93.8 Å². The van der Waals surface area contributed by atoms with Gasteiger partial charge in [0.25, 0.3) is 0 Å². The summed E-state index contributed by atoms with van der Waals surface area (Å²) in [6.45, 7) is 2.25. The highest BCUT2D eigenvalue weighted by atomic mass is 32.1. The van der Waals surface area contributed by atoms with Crippen LogP contribution in [0, 0.1) is 0 Å². The van der Waals surface area contributed by atoms with Gasteiger partial charge >= 0.3 is 11.1 Å². The van der Waals surface area contributed by atoms with Gasteiger partial charge < -0.3 is 14.1 Å². The van der Waals surface area contributed by atoms with Crippen LogP contribution in [0.15, 0.2) is 49.8 Å². The fraction of sp³-hybridized carbons (Fsp3) is 0.176. The Balaban J connectivity index is 1.75. The van der Waals surface area contributed by atoms with Gasteiger partial charge in [0, 0.05) is 17.0 Å². The van der Waals surface area contributed by atoms with Gasteiger partial charge in [0.15, 0.2) is 0 Å². The maximum atomic E-state index is 11.9. The number of rotatable bonds is 4. The first-order valence-electron chi connectivity index (χ1n) is 7.78. The molecule has 4 aromatic rings. The summed E-state index contributed by atoms with van der Waals surface area (Å²) in [5.74, 6) is 0.980. The highest BCUT2D eigenvalue weighted by Gasteiger charge is 2.12. The van der Waals surface area contributed by atoms with Crippen molar-refractivity contribution in [1.29, 1.82) is 0 Å². The molecule has 0 amide bonds. The standard InChI is InChI=1S/C17H14N4O3S/c1-2-21-13-6-5-10(8-12(13)18-16(22)17(21)23)15-19-14(24-20-15)9-11-4-3-7-25-11/h3-8H,2,9H2,1H3,(H,18,22). The molecule has 0 aliphatic rings. The van der Waals surface area contributed by atoms with E-state index >= 15 is 0 Å². The highest BCUT2D eigenvalue weighted by Crippen LogP contribution is 2.21. The van der Waals surface area contributed by atoms with Crippen molar-refractivity contribution in [3.63, 3.8) is 0 Å². The van der Waals surface area contributed by atoms with Crippen LogP contribution in [0.5, 0.6) is 0 Å². The van der Waals surface area contributed by atoms with Crippen LogP contribution in [0.3, 0.4) is 0 Å². The number of fused-ring (bicyclic) bond motifs is 1. The molecule has 0 bridgehead atoms. The lowest BCUT2D eigenvalue weighted by Crippen LogP contribution is -2.35. The van der Waals surface area contributed by atoms with Crippen molar-refractivity contribution in [3.05, 3.63) is 67.2 Å². The molecule has 0 saturated carbocycles. The second-order valence-corrected chi connectivity index (χ2v) is 6.54. The van der Waals surface area contributed by atoms with Crippen LogP contribution in [0.1, 0.15) is 17.7 Å². The van der Waals surface area contributed by atoms with E-state index in [9.17, 15) is 9.59 Å². The Bertz CT molecular complexity index is 1150. The SMILES string of the molecule is CCn1c(=O)c(=O)[nH]c2cc(-c3noc(Cc4cccs4)n3)ccc21. The molecule has 4 rings (SSSR count). The number of aromatic amines is 1. The number of H-pyrrole nitrogens is 1. The van der Waals surface area contributed by atoms with Gasteiger partial charge in [0.1, 0.15) is 0 Å². The van der Waals surface area contributed by atoms with Crippen LogP contribution in [0.2, 0.25) is 0 Å². The molecule has 7 nitrogen and oxygen atoms in total. The molecule has 3 aromatic heterocycles.